The summed E-state index contributed by atoms with van der Waals surface area (Å²) in [6.45, 7) is 0. The van der Waals surface area contributed by atoms with E-state index in [9.17, 15) is 9.59 Å². The van der Waals surface area contributed by atoms with Crippen LogP contribution in [0.2, 0.25) is 0 Å². The molecule has 0 aromatic rings. The molecule has 5 heteroatoms. The number of hydrogen-bond acceptors (Lipinski definition) is 3. The van der Waals surface area contributed by atoms with Crippen LogP contribution in [0.4, 0.5) is 4.79 Å². The first-order chi connectivity index (χ1) is 4.74. The van der Waals surface area contributed by atoms with Crippen LogP contribution >= 0.6 is 15.9 Å². The van der Waals surface area contributed by atoms with E-state index in [0.29, 0.717) is 11.8 Å². The molecular formula is C5H6BrNO3. The number of esters is 1. The van der Waals surface area contributed by atoms with Gasteiger partial charge in [0.2, 0.25) is 0 Å². The van der Waals surface area contributed by atoms with Gasteiger partial charge < -0.3 is 10.1 Å². The summed E-state index contributed by atoms with van der Waals surface area (Å²) in [6.07, 6.45) is -0.0687. The minimum Gasteiger partial charge on any atom is -0.375 e. The van der Waals surface area contributed by atoms with Crippen LogP contribution in [-0.2, 0) is 9.53 Å². The molecule has 56 valence electrons. The van der Waals surface area contributed by atoms with Gasteiger partial charge in [0, 0.05) is 5.33 Å². The van der Waals surface area contributed by atoms with Crippen molar-refractivity contribution >= 4 is 28.0 Å². The number of rotatable bonds is 2. The molecule has 1 aliphatic heterocycles. The van der Waals surface area contributed by atoms with E-state index in [4.69, 9.17) is 0 Å². The molecule has 0 aromatic heterocycles. The van der Waals surface area contributed by atoms with Gasteiger partial charge in [-0.3, -0.25) is 0 Å². The molecule has 4 nitrogen and oxygen atoms in total. The third-order valence-corrected chi connectivity index (χ3v) is 1.63. The van der Waals surface area contributed by atoms with E-state index in [1.807, 2.05) is 0 Å². The fraction of sp³-hybridized carbons (Fsp3) is 0.600. The lowest BCUT2D eigenvalue weighted by atomic mass is 10.2. The first kappa shape index (κ1) is 7.53. The average molecular weight is 208 g/mol. The minimum atomic E-state index is -0.643. The third kappa shape index (κ3) is 1.47. The largest absolute Gasteiger partial charge is 0.415 e. The molecule has 1 saturated heterocycles. The Labute approximate surface area is 66.0 Å². The maximum absolute atomic E-state index is 10.6. The van der Waals surface area contributed by atoms with Crippen molar-refractivity contribution in [1.29, 1.82) is 0 Å². The highest BCUT2D eigenvalue weighted by molar-refractivity contribution is 9.09. The van der Waals surface area contributed by atoms with Crippen molar-refractivity contribution in [2.75, 3.05) is 5.33 Å². The Morgan fingerprint density at radius 1 is 1.60 bits per heavy atom. The summed E-state index contributed by atoms with van der Waals surface area (Å²) < 4.78 is 4.22. The van der Waals surface area contributed by atoms with Crippen molar-refractivity contribution in [2.45, 2.75) is 12.5 Å². The standard InChI is InChI=1S/C5H6BrNO3/c6-2-1-3-4(8)10-5(9)7-3/h3H,1-2H2,(H,7,9). The summed E-state index contributed by atoms with van der Waals surface area (Å²) in [4.78, 5) is 21.0. The van der Waals surface area contributed by atoms with E-state index in [-0.39, 0.29) is 0 Å². The molecule has 1 heterocycles. The number of amides is 1. The van der Waals surface area contributed by atoms with Crippen LogP contribution in [0.1, 0.15) is 6.42 Å². The number of ether oxygens (including phenoxy) is 1. The molecule has 1 unspecified atom stereocenters. The molecule has 1 aliphatic rings. The molecule has 0 bridgehead atoms. The molecule has 1 N–H and O–H groups in total. The third-order valence-electron chi connectivity index (χ3n) is 1.17. The van der Waals surface area contributed by atoms with E-state index in [2.05, 4.69) is 26.0 Å². The van der Waals surface area contributed by atoms with Gasteiger partial charge in [0.05, 0.1) is 0 Å². The van der Waals surface area contributed by atoms with Gasteiger partial charge >= 0.3 is 12.1 Å². The molecule has 0 saturated carbocycles. The highest BCUT2D eigenvalue weighted by Crippen LogP contribution is 2.05. The zero-order valence-corrected chi connectivity index (χ0v) is 6.68. The summed E-state index contributed by atoms with van der Waals surface area (Å²) in [5.41, 5.74) is 0. The Bertz CT molecular complexity index is 170. The first-order valence-corrected chi connectivity index (χ1v) is 3.94. The van der Waals surface area contributed by atoms with Crippen molar-refractivity contribution in [3.63, 3.8) is 0 Å². The topological polar surface area (TPSA) is 55.4 Å². The van der Waals surface area contributed by atoms with E-state index >= 15 is 0 Å². The number of halogens is 1. The Kier molecular flexibility index (Phi) is 2.26. The average Bonchev–Trinajstić information content (AvgIpc) is 2.13. The van der Waals surface area contributed by atoms with Crippen molar-refractivity contribution in [3.8, 4) is 0 Å². The molecule has 0 spiro atoms. The second-order valence-electron chi connectivity index (χ2n) is 1.88. The lowest BCUT2D eigenvalue weighted by Crippen LogP contribution is -2.28. The van der Waals surface area contributed by atoms with Gasteiger partial charge in [-0.15, -0.1) is 0 Å². The highest BCUT2D eigenvalue weighted by Gasteiger charge is 2.31. The van der Waals surface area contributed by atoms with Gasteiger partial charge in [0.1, 0.15) is 6.04 Å². The van der Waals surface area contributed by atoms with Crippen molar-refractivity contribution in [3.05, 3.63) is 0 Å². The van der Waals surface area contributed by atoms with Crippen molar-refractivity contribution in [2.24, 2.45) is 0 Å². The highest BCUT2D eigenvalue weighted by atomic mass is 79.9. The van der Waals surface area contributed by atoms with Crippen molar-refractivity contribution < 1.29 is 14.3 Å². The van der Waals surface area contributed by atoms with E-state index in [1.54, 1.807) is 0 Å². The summed E-state index contributed by atoms with van der Waals surface area (Å²) in [5.74, 6) is -0.482. The van der Waals surface area contributed by atoms with Gasteiger partial charge in [-0.25, -0.2) is 9.59 Å². The Morgan fingerprint density at radius 2 is 2.30 bits per heavy atom. The number of alkyl carbamates (subject to hydrolysis) is 1. The zero-order chi connectivity index (χ0) is 7.56. The monoisotopic (exact) mass is 207 g/mol. The number of alkyl halides is 1. The molecule has 1 fully saturated rings. The Morgan fingerprint density at radius 3 is 2.70 bits per heavy atom. The molecule has 0 aromatic carbocycles. The molecule has 1 atom stereocenters. The normalized spacial score (nSPS) is 24.3. The molecule has 10 heavy (non-hydrogen) atoms. The Balaban J connectivity index is 2.46. The fourth-order valence-electron chi connectivity index (χ4n) is 0.692. The molecule has 0 aliphatic carbocycles. The SMILES string of the molecule is O=C1NC(CCBr)C(=O)O1. The molecule has 1 rings (SSSR count). The lowest BCUT2D eigenvalue weighted by molar-refractivity contribution is -0.135. The van der Waals surface area contributed by atoms with E-state index < -0.39 is 18.1 Å². The summed E-state index contributed by atoms with van der Waals surface area (Å²) in [6, 6.07) is -0.452. The van der Waals surface area contributed by atoms with Crippen LogP contribution in [0.3, 0.4) is 0 Å². The summed E-state index contributed by atoms with van der Waals surface area (Å²) in [7, 11) is 0. The van der Waals surface area contributed by atoms with E-state index in [1.165, 1.54) is 0 Å². The Hall–Kier alpha value is -0.580. The number of hydrogen-bond donors (Lipinski definition) is 1. The number of nitrogens with one attached hydrogen (secondary N) is 1. The minimum absolute atomic E-state index is 0.452. The number of cyclic esters (lactones) is 2. The second kappa shape index (κ2) is 3.01. The summed E-state index contributed by atoms with van der Waals surface area (Å²) >= 11 is 3.15. The van der Waals surface area contributed by atoms with Gasteiger partial charge in [-0.05, 0) is 6.42 Å². The second-order valence-corrected chi connectivity index (χ2v) is 2.68. The maximum Gasteiger partial charge on any atom is 0.415 e. The molecule has 0 radical (unpaired) electrons. The smallest absolute Gasteiger partial charge is 0.375 e. The predicted molar refractivity (Wildman–Crippen MR) is 36.8 cm³/mol. The van der Waals surface area contributed by atoms with E-state index in [0.717, 1.165) is 0 Å². The van der Waals surface area contributed by atoms with Crippen LogP contribution in [-0.4, -0.2) is 23.4 Å². The van der Waals surface area contributed by atoms with Gasteiger partial charge in [-0.2, -0.15) is 0 Å². The zero-order valence-electron chi connectivity index (χ0n) is 5.09. The van der Waals surface area contributed by atoms with Crippen LogP contribution < -0.4 is 5.32 Å². The van der Waals surface area contributed by atoms with Gasteiger partial charge in [-0.1, -0.05) is 15.9 Å². The van der Waals surface area contributed by atoms with Crippen LogP contribution in [0, 0.1) is 0 Å². The van der Waals surface area contributed by atoms with Crippen LogP contribution in [0.5, 0.6) is 0 Å². The van der Waals surface area contributed by atoms with Crippen molar-refractivity contribution in [1.82, 2.24) is 5.32 Å². The first-order valence-electron chi connectivity index (χ1n) is 2.82. The van der Waals surface area contributed by atoms with Gasteiger partial charge in [0.15, 0.2) is 0 Å². The van der Waals surface area contributed by atoms with Gasteiger partial charge in [0.25, 0.3) is 0 Å². The quantitative estimate of drug-likeness (QED) is 0.406. The van der Waals surface area contributed by atoms with Crippen LogP contribution in [0.15, 0.2) is 0 Å². The predicted octanol–water partition coefficient (Wildman–Crippen LogP) is 0.406. The summed E-state index contributed by atoms with van der Waals surface area (Å²) in [5, 5.41) is 3.04. The molecule has 1 amide bonds. The van der Waals surface area contributed by atoms with Crippen LogP contribution in [0.25, 0.3) is 0 Å². The molecular weight excluding hydrogens is 202 g/mol. The maximum atomic E-state index is 10.6. The number of carbonyl (C=O) groups excluding carboxylic acids is 2. The fourth-order valence-corrected chi connectivity index (χ4v) is 1.15. The lowest BCUT2D eigenvalue weighted by Gasteiger charge is -1.98. The number of carbonyl (C=O) groups is 2.